The molecule has 0 aromatic carbocycles. The second-order valence-corrected chi connectivity index (χ2v) is 8.68. The Bertz CT molecular complexity index is 563. The van der Waals surface area contributed by atoms with Gasteiger partial charge in [-0.1, -0.05) is 6.07 Å². The van der Waals surface area contributed by atoms with Crippen molar-refractivity contribution >= 4 is 17.2 Å². The van der Waals surface area contributed by atoms with Gasteiger partial charge < -0.3 is 19.6 Å². The molecule has 134 valence electrons. The minimum absolute atomic E-state index is 0.0830. The van der Waals surface area contributed by atoms with E-state index in [-0.39, 0.29) is 17.6 Å². The third-order valence-corrected chi connectivity index (χ3v) is 6.39. The van der Waals surface area contributed by atoms with Crippen LogP contribution in [0.3, 0.4) is 0 Å². The zero-order valence-corrected chi connectivity index (χ0v) is 15.6. The zero-order valence-electron chi connectivity index (χ0n) is 14.8. The lowest BCUT2D eigenvalue weighted by Crippen LogP contribution is -2.63. The first-order valence-corrected chi connectivity index (χ1v) is 9.52. The van der Waals surface area contributed by atoms with Crippen LogP contribution >= 0.6 is 11.3 Å². The molecule has 2 aliphatic heterocycles. The van der Waals surface area contributed by atoms with Crippen molar-refractivity contribution in [1.82, 2.24) is 9.80 Å². The van der Waals surface area contributed by atoms with Crippen LogP contribution in [0, 0.1) is 0 Å². The Morgan fingerprint density at radius 3 is 2.75 bits per heavy atom. The topological polar surface area (TPSA) is 53.0 Å². The van der Waals surface area contributed by atoms with Crippen LogP contribution in [0.25, 0.3) is 0 Å². The van der Waals surface area contributed by atoms with Gasteiger partial charge in [-0.05, 0) is 51.7 Å². The van der Waals surface area contributed by atoms with Crippen molar-refractivity contribution in [2.75, 3.05) is 33.8 Å². The Hall–Kier alpha value is -0.950. The molecule has 3 heterocycles. The quantitative estimate of drug-likeness (QED) is 0.901. The van der Waals surface area contributed by atoms with E-state index in [1.807, 2.05) is 43.4 Å². The first-order valence-electron chi connectivity index (χ1n) is 8.64. The number of ether oxygens (including phenoxy) is 1. The number of carbonyl (C=O) groups is 1. The second kappa shape index (κ2) is 6.75. The molecule has 2 saturated heterocycles. The average molecular weight is 353 g/mol. The standard InChI is InChI=1S/C18H28N2O3S/c1-17(22)13-23-18(12-15(17)19(2)3)6-8-20(9-7-18)16(21)11-14-5-4-10-24-14/h4-5,10,15,22H,6-9,11-13H2,1-3H3/t15-,17-/m0/s1. The monoisotopic (exact) mass is 352 g/mol. The number of hydrogen-bond donors (Lipinski definition) is 1. The maximum absolute atomic E-state index is 12.5. The molecular weight excluding hydrogens is 324 g/mol. The molecule has 5 nitrogen and oxygen atoms in total. The van der Waals surface area contributed by atoms with Crippen molar-refractivity contribution in [2.24, 2.45) is 0 Å². The van der Waals surface area contributed by atoms with Crippen LogP contribution < -0.4 is 0 Å². The molecule has 24 heavy (non-hydrogen) atoms. The van der Waals surface area contributed by atoms with E-state index >= 15 is 0 Å². The Morgan fingerprint density at radius 1 is 1.46 bits per heavy atom. The molecule has 0 aliphatic carbocycles. The van der Waals surface area contributed by atoms with Crippen LogP contribution in [0.5, 0.6) is 0 Å². The van der Waals surface area contributed by atoms with Crippen molar-refractivity contribution in [1.29, 1.82) is 0 Å². The fourth-order valence-electron chi connectivity index (χ4n) is 3.95. The lowest BCUT2D eigenvalue weighted by Gasteiger charge is -2.52. The summed E-state index contributed by atoms with van der Waals surface area (Å²) in [7, 11) is 4.02. The highest BCUT2D eigenvalue weighted by Crippen LogP contribution is 2.39. The van der Waals surface area contributed by atoms with Crippen molar-refractivity contribution < 1.29 is 14.6 Å². The summed E-state index contributed by atoms with van der Waals surface area (Å²) in [6.07, 6.45) is 3.02. The number of aliphatic hydroxyl groups is 1. The van der Waals surface area contributed by atoms with Crippen LogP contribution in [0.4, 0.5) is 0 Å². The predicted molar refractivity (Wildman–Crippen MR) is 95.2 cm³/mol. The van der Waals surface area contributed by atoms with E-state index in [0.717, 1.165) is 37.2 Å². The van der Waals surface area contributed by atoms with Gasteiger partial charge in [-0.15, -0.1) is 11.3 Å². The van der Waals surface area contributed by atoms with E-state index < -0.39 is 5.60 Å². The van der Waals surface area contributed by atoms with Crippen molar-refractivity contribution in [3.8, 4) is 0 Å². The molecule has 0 saturated carbocycles. The van der Waals surface area contributed by atoms with Gasteiger partial charge in [0.15, 0.2) is 0 Å². The number of nitrogens with zero attached hydrogens (tertiary/aromatic N) is 2. The maximum Gasteiger partial charge on any atom is 0.227 e. The first kappa shape index (κ1) is 17.9. The third kappa shape index (κ3) is 3.67. The molecule has 6 heteroatoms. The lowest BCUT2D eigenvalue weighted by atomic mass is 9.77. The van der Waals surface area contributed by atoms with Crippen molar-refractivity contribution in [3.05, 3.63) is 22.4 Å². The van der Waals surface area contributed by atoms with Gasteiger partial charge in [-0.3, -0.25) is 4.79 Å². The normalized spacial score (nSPS) is 30.0. The minimum atomic E-state index is -0.819. The minimum Gasteiger partial charge on any atom is -0.386 e. The number of piperidine rings is 1. The third-order valence-electron chi connectivity index (χ3n) is 5.51. The van der Waals surface area contributed by atoms with Gasteiger partial charge in [0, 0.05) is 24.0 Å². The van der Waals surface area contributed by atoms with Gasteiger partial charge in [0.2, 0.25) is 5.91 Å². The Morgan fingerprint density at radius 2 is 2.17 bits per heavy atom. The number of likely N-dealkylation sites (N-methyl/N-ethyl adjacent to an activating group) is 1. The Kier molecular flexibility index (Phi) is 5.02. The molecule has 0 unspecified atom stereocenters. The Balaban J connectivity index is 1.59. The number of likely N-dealkylation sites (tertiary alicyclic amines) is 1. The molecule has 3 rings (SSSR count). The van der Waals surface area contributed by atoms with Crippen LogP contribution in [0.1, 0.15) is 31.1 Å². The number of hydrogen-bond acceptors (Lipinski definition) is 5. The highest BCUT2D eigenvalue weighted by atomic mass is 32.1. The second-order valence-electron chi connectivity index (χ2n) is 7.65. The number of carbonyl (C=O) groups excluding carboxylic acids is 1. The summed E-state index contributed by atoms with van der Waals surface area (Å²) >= 11 is 1.63. The Labute approximate surface area is 148 Å². The number of rotatable bonds is 3. The smallest absolute Gasteiger partial charge is 0.227 e. The molecular formula is C18H28N2O3S. The van der Waals surface area contributed by atoms with Crippen molar-refractivity contribution in [3.63, 3.8) is 0 Å². The van der Waals surface area contributed by atoms with Crippen molar-refractivity contribution in [2.45, 2.75) is 49.9 Å². The summed E-state index contributed by atoms with van der Waals surface area (Å²) in [4.78, 5) is 17.6. The lowest BCUT2D eigenvalue weighted by molar-refractivity contribution is -0.207. The van der Waals surface area contributed by atoms with Gasteiger partial charge in [-0.25, -0.2) is 0 Å². The summed E-state index contributed by atoms with van der Waals surface area (Å²) in [5.41, 5.74) is -1.02. The SMILES string of the molecule is CN(C)[C@H]1CC2(CCN(C(=O)Cc3cccs3)CC2)OC[C@]1(C)O. The van der Waals surface area contributed by atoms with E-state index in [1.54, 1.807) is 11.3 Å². The summed E-state index contributed by atoms with van der Waals surface area (Å²) in [6, 6.07) is 4.09. The van der Waals surface area contributed by atoms with Crippen LogP contribution in [-0.4, -0.2) is 71.8 Å². The van der Waals surface area contributed by atoms with E-state index in [4.69, 9.17) is 4.74 Å². The van der Waals surface area contributed by atoms with Gasteiger partial charge in [-0.2, -0.15) is 0 Å². The molecule has 2 fully saturated rings. The van der Waals surface area contributed by atoms with Crippen LogP contribution in [-0.2, 0) is 16.0 Å². The van der Waals surface area contributed by atoms with E-state index in [9.17, 15) is 9.90 Å². The summed E-state index contributed by atoms with van der Waals surface area (Å²) < 4.78 is 6.12. The highest BCUT2D eigenvalue weighted by molar-refractivity contribution is 7.10. The average Bonchev–Trinajstić information content (AvgIpc) is 3.03. The molecule has 1 aromatic rings. The molecule has 2 atom stereocenters. The summed E-state index contributed by atoms with van der Waals surface area (Å²) in [6.45, 7) is 3.70. The summed E-state index contributed by atoms with van der Waals surface area (Å²) in [5, 5.41) is 12.6. The summed E-state index contributed by atoms with van der Waals surface area (Å²) in [5.74, 6) is 0.208. The molecule has 1 amide bonds. The zero-order chi connectivity index (χ0) is 17.4. The molecule has 1 spiro atoms. The predicted octanol–water partition coefficient (Wildman–Crippen LogP) is 1.75. The molecule has 0 bridgehead atoms. The molecule has 0 radical (unpaired) electrons. The van der Waals surface area contributed by atoms with Gasteiger partial charge >= 0.3 is 0 Å². The van der Waals surface area contributed by atoms with Crippen LogP contribution in [0.15, 0.2) is 17.5 Å². The number of amides is 1. The maximum atomic E-state index is 12.5. The highest BCUT2D eigenvalue weighted by Gasteiger charge is 2.49. The fraction of sp³-hybridized carbons (Fsp3) is 0.722. The molecule has 2 aliphatic rings. The van der Waals surface area contributed by atoms with Gasteiger partial charge in [0.1, 0.15) is 5.60 Å². The molecule has 1 aromatic heterocycles. The van der Waals surface area contributed by atoms with E-state index in [0.29, 0.717) is 13.0 Å². The fourth-order valence-corrected chi connectivity index (χ4v) is 4.65. The number of thiophene rings is 1. The van der Waals surface area contributed by atoms with E-state index in [1.165, 1.54) is 0 Å². The first-order chi connectivity index (χ1) is 11.3. The largest absolute Gasteiger partial charge is 0.386 e. The van der Waals surface area contributed by atoms with Gasteiger partial charge in [0.25, 0.3) is 0 Å². The van der Waals surface area contributed by atoms with Crippen LogP contribution in [0.2, 0.25) is 0 Å². The molecule has 1 N–H and O–H groups in total. The van der Waals surface area contributed by atoms with E-state index in [2.05, 4.69) is 4.90 Å². The van der Waals surface area contributed by atoms with Gasteiger partial charge in [0.05, 0.1) is 18.6 Å².